The molecule has 0 spiro atoms. The zero-order chi connectivity index (χ0) is 20.2. The predicted octanol–water partition coefficient (Wildman–Crippen LogP) is 7.56. The van der Waals surface area contributed by atoms with Crippen molar-refractivity contribution in [2.75, 3.05) is 10.6 Å². The molecule has 0 fully saturated rings. The van der Waals surface area contributed by atoms with Crippen molar-refractivity contribution in [3.8, 4) is 5.75 Å². The fourth-order valence-electron chi connectivity index (χ4n) is 2.55. The van der Waals surface area contributed by atoms with Crippen LogP contribution in [-0.4, -0.2) is 8.32 Å². The fourth-order valence-corrected chi connectivity index (χ4v) is 3.58. The molecular formula is C24H30N2OSi. The van der Waals surface area contributed by atoms with Gasteiger partial charge in [0.1, 0.15) is 5.75 Å². The maximum absolute atomic E-state index is 6.35. The van der Waals surface area contributed by atoms with Gasteiger partial charge in [0.25, 0.3) is 0 Å². The first kappa shape index (κ1) is 20.0. The van der Waals surface area contributed by atoms with Gasteiger partial charge in [-0.3, -0.25) is 0 Å². The van der Waals surface area contributed by atoms with Crippen molar-refractivity contribution in [1.82, 2.24) is 0 Å². The molecule has 3 rings (SSSR count). The van der Waals surface area contributed by atoms with Gasteiger partial charge in [-0.2, -0.15) is 0 Å². The maximum Gasteiger partial charge on any atom is 0.250 e. The molecule has 0 bridgehead atoms. The standard InChI is InChI=1S/C24H30N2OSi/c1-24(2,3)28(4,5)27-23-17-15-22(16-18-23)26-21-13-11-20(12-14-21)25-19-9-7-6-8-10-19/h6-18,25-26H,1-5H3. The molecule has 0 radical (unpaired) electrons. The Morgan fingerprint density at radius 1 is 0.607 bits per heavy atom. The summed E-state index contributed by atoms with van der Waals surface area (Å²) >= 11 is 0. The molecule has 0 aliphatic heterocycles. The van der Waals surface area contributed by atoms with E-state index < -0.39 is 8.32 Å². The SMILES string of the molecule is CC(C)(C)[Si](C)(C)Oc1ccc(Nc2ccc(Nc3ccccc3)cc2)cc1. The molecule has 2 N–H and O–H groups in total. The Balaban J connectivity index is 1.61. The number of hydrogen-bond donors (Lipinski definition) is 2. The third-order valence-electron chi connectivity index (χ3n) is 5.27. The molecule has 4 heteroatoms. The topological polar surface area (TPSA) is 33.3 Å². The number of nitrogens with one attached hydrogen (secondary N) is 2. The largest absolute Gasteiger partial charge is 0.544 e. The van der Waals surface area contributed by atoms with E-state index in [1.807, 2.05) is 30.3 Å². The van der Waals surface area contributed by atoms with E-state index in [9.17, 15) is 0 Å². The van der Waals surface area contributed by atoms with Gasteiger partial charge in [-0.1, -0.05) is 39.0 Å². The van der Waals surface area contributed by atoms with E-state index in [0.717, 1.165) is 28.5 Å². The molecule has 0 atom stereocenters. The first-order valence-corrected chi connectivity index (χ1v) is 12.6. The number of benzene rings is 3. The molecule has 0 unspecified atom stereocenters. The Hall–Kier alpha value is -2.72. The van der Waals surface area contributed by atoms with Crippen LogP contribution in [0.25, 0.3) is 0 Å². The molecule has 3 nitrogen and oxygen atoms in total. The Morgan fingerprint density at radius 3 is 1.43 bits per heavy atom. The average molecular weight is 391 g/mol. The zero-order valence-electron chi connectivity index (χ0n) is 17.4. The minimum Gasteiger partial charge on any atom is -0.544 e. The third kappa shape index (κ3) is 5.17. The zero-order valence-corrected chi connectivity index (χ0v) is 18.4. The second kappa shape index (κ2) is 8.11. The Kier molecular flexibility index (Phi) is 5.80. The highest BCUT2D eigenvalue weighted by molar-refractivity contribution is 6.74. The van der Waals surface area contributed by atoms with E-state index in [1.54, 1.807) is 0 Å². The van der Waals surface area contributed by atoms with Gasteiger partial charge in [0, 0.05) is 22.7 Å². The summed E-state index contributed by atoms with van der Waals surface area (Å²) in [6, 6.07) is 26.7. The Labute approximate surface area is 169 Å². The quantitative estimate of drug-likeness (QED) is 0.426. The molecule has 0 saturated heterocycles. The molecule has 3 aromatic carbocycles. The summed E-state index contributed by atoms with van der Waals surface area (Å²) in [5.74, 6) is 0.944. The van der Waals surface area contributed by atoms with Gasteiger partial charge in [0.15, 0.2) is 0 Å². The molecule has 0 aliphatic rings. The van der Waals surface area contributed by atoms with E-state index in [0.29, 0.717) is 0 Å². The molecule has 0 saturated carbocycles. The van der Waals surface area contributed by atoms with E-state index in [4.69, 9.17) is 4.43 Å². The summed E-state index contributed by atoms with van der Waals surface area (Å²) in [4.78, 5) is 0. The van der Waals surface area contributed by atoms with Crippen LogP contribution in [0, 0.1) is 0 Å². The van der Waals surface area contributed by atoms with Gasteiger partial charge in [-0.15, -0.1) is 0 Å². The highest BCUT2D eigenvalue weighted by atomic mass is 28.4. The van der Waals surface area contributed by atoms with E-state index in [1.165, 1.54) is 0 Å². The van der Waals surface area contributed by atoms with Gasteiger partial charge < -0.3 is 15.1 Å². The first-order chi connectivity index (χ1) is 13.2. The van der Waals surface area contributed by atoms with Crippen LogP contribution >= 0.6 is 0 Å². The normalized spacial score (nSPS) is 11.8. The van der Waals surface area contributed by atoms with Crippen molar-refractivity contribution in [3.05, 3.63) is 78.9 Å². The van der Waals surface area contributed by atoms with Crippen LogP contribution in [0.1, 0.15) is 20.8 Å². The lowest BCUT2D eigenvalue weighted by molar-refractivity contribution is 0.492. The van der Waals surface area contributed by atoms with Crippen molar-refractivity contribution in [3.63, 3.8) is 0 Å². The van der Waals surface area contributed by atoms with Crippen molar-refractivity contribution < 1.29 is 4.43 Å². The Morgan fingerprint density at radius 2 is 1.00 bits per heavy atom. The fraction of sp³-hybridized carbons (Fsp3) is 0.250. The van der Waals surface area contributed by atoms with Crippen LogP contribution in [0.3, 0.4) is 0 Å². The number of hydrogen-bond acceptors (Lipinski definition) is 3. The van der Waals surface area contributed by atoms with Gasteiger partial charge in [0.05, 0.1) is 0 Å². The summed E-state index contributed by atoms with van der Waals surface area (Å²) in [5, 5.41) is 7.03. The lowest BCUT2D eigenvalue weighted by Crippen LogP contribution is -2.43. The highest BCUT2D eigenvalue weighted by Gasteiger charge is 2.38. The van der Waals surface area contributed by atoms with Crippen LogP contribution in [0.2, 0.25) is 18.1 Å². The smallest absolute Gasteiger partial charge is 0.250 e. The number of anilines is 4. The lowest BCUT2D eigenvalue weighted by atomic mass is 10.2. The highest BCUT2D eigenvalue weighted by Crippen LogP contribution is 2.37. The summed E-state index contributed by atoms with van der Waals surface area (Å²) in [7, 11) is -1.80. The summed E-state index contributed by atoms with van der Waals surface area (Å²) in [6.45, 7) is 11.3. The molecular weight excluding hydrogens is 360 g/mol. The molecule has 28 heavy (non-hydrogen) atoms. The molecule has 0 aliphatic carbocycles. The van der Waals surface area contributed by atoms with E-state index in [2.05, 4.69) is 93.0 Å². The average Bonchev–Trinajstić information content (AvgIpc) is 2.65. The van der Waals surface area contributed by atoms with Crippen molar-refractivity contribution >= 4 is 31.1 Å². The minimum atomic E-state index is -1.80. The molecule has 146 valence electrons. The monoisotopic (exact) mass is 390 g/mol. The molecule has 0 heterocycles. The van der Waals surface area contributed by atoms with Crippen molar-refractivity contribution in [1.29, 1.82) is 0 Å². The van der Waals surface area contributed by atoms with Gasteiger partial charge in [-0.05, 0) is 78.8 Å². The molecule has 0 amide bonds. The van der Waals surface area contributed by atoms with Gasteiger partial charge in [0.2, 0.25) is 8.32 Å². The summed E-state index contributed by atoms with van der Waals surface area (Å²) < 4.78 is 6.35. The first-order valence-electron chi connectivity index (χ1n) is 9.71. The molecule has 3 aromatic rings. The second-order valence-corrected chi connectivity index (χ2v) is 13.3. The number of rotatable bonds is 6. The predicted molar refractivity (Wildman–Crippen MR) is 124 cm³/mol. The van der Waals surface area contributed by atoms with Crippen molar-refractivity contribution in [2.24, 2.45) is 0 Å². The molecule has 0 aromatic heterocycles. The summed E-state index contributed by atoms with van der Waals surface area (Å²) in [6.07, 6.45) is 0. The van der Waals surface area contributed by atoms with E-state index in [-0.39, 0.29) is 5.04 Å². The Bertz CT molecular complexity index is 883. The maximum atomic E-state index is 6.35. The minimum absolute atomic E-state index is 0.194. The van der Waals surface area contributed by atoms with E-state index >= 15 is 0 Å². The summed E-state index contributed by atoms with van der Waals surface area (Å²) in [5.41, 5.74) is 4.25. The third-order valence-corrected chi connectivity index (χ3v) is 9.63. The van der Waals surface area contributed by atoms with Crippen LogP contribution < -0.4 is 15.1 Å². The van der Waals surface area contributed by atoms with Crippen LogP contribution in [0.4, 0.5) is 22.7 Å². The van der Waals surface area contributed by atoms with Crippen LogP contribution in [0.15, 0.2) is 78.9 Å². The number of para-hydroxylation sites is 1. The van der Waals surface area contributed by atoms with Gasteiger partial charge >= 0.3 is 0 Å². The van der Waals surface area contributed by atoms with Crippen LogP contribution in [0.5, 0.6) is 5.75 Å². The van der Waals surface area contributed by atoms with Crippen LogP contribution in [-0.2, 0) is 0 Å². The van der Waals surface area contributed by atoms with Crippen molar-refractivity contribution in [2.45, 2.75) is 38.9 Å². The lowest BCUT2D eigenvalue weighted by Gasteiger charge is -2.36. The second-order valence-electron chi connectivity index (χ2n) is 8.58. The van der Waals surface area contributed by atoms with Gasteiger partial charge in [-0.25, -0.2) is 0 Å².